The maximum atomic E-state index is 4.61. The molecule has 0 bridgehead atoms. The molecule has 2 rings (SSSR count). The first-order valence-corrected chi connectivity index (χ1v) is 8.57. The number of aromatic nitrogens is 3. The third kappa shape index (κ3) is 5.98. The van der Waals surface area contributed by atoms with Gasteiger partial charge >= 0.3 is 0 Å². The Morgan fingerprint density at radius 3 is 2.60 bits per heavy atom. The molecule has 0 spiro atoms. The SMILES string of the molecule is CCc1nn(C)c(CC)c1CNC(=NC)NCCc1ccccn1.I. The third-order valence-corrected chi connectivity index (χ3v) is 4.08. The number of aryl methyl sites for hydroxylation is 2. The second-order valence-corrected chi connectivity index (χ2v) is 5.63. The first-order chi connectivity index (χ1) is 11.7. The van der Waals surface area contributed by atoms with E-state index in [4.69, 9.17) is 0 Å². The molecule has 25 heavy (non-hydrogen) atoms. The molecule has 2 heterocycles. The maximum Gasteiger partial charge on any atom is 0.191 e. The van der Waals surface area contributed by atoms with Crippen LogP contribution in [0.15, 0.2) is 29.4 Å². The van der Waals surface area contributed by atoms with E-state index < -0.39 is 0 Å². The van der Waals surface area contributed by atoms with Crippen molar-refractivity contribution in [1.82, 2.24) is 25.4 Å². The fraction of sp³-hybridized carbons (Fsp3) is 0.500. The van der Waals surface area contributed by atoms with Crippen molar-refractivity contribution < 1.29 is 0 Å². The topological polar surface area (TPSA) is 67.1 Å². The van der Waals surface area contributed by atoms with E-state index in [1.54, 1.807) is 7.05 Å². The van der Waals surface area contributed by atoms with Crippen LogP contribution < -0.4 is 10.6 Å². The Hall–Kier alpha value is -1.64. The van der Waals surface area contributed by atoms with Crippen LogP contribution in [0.25, 0.3) is 0 Å². The van der Waals surface area contributed by atoms with Crippen LogP contribution in [0.1, 0.15) is 36.5 Å². The van der Waals surface area contributed by atoms with Gasteiger partial charge in [0.25, 0.3) is 0 Å². The van der Waals surface area contributed by atoms with Gasteiger partial charge < -0.3 is 10.6 Å². The Morgan fingerprint density at radius 2 is 2.00 bits per heavy atom. The largest absolute Gasteiger partial charge is 0.356 e. The van der Waals surface area contributed by atoms with Crippen molar-refractivity contribution in [3.63, 3.8) is 0 Å². The Bertz CT molecular complexity index is 666. The predicted octanol–water partition coefficient (Wildman–Crippen LogP) is 2.47. The molecule has 0 aromatic carbocycles. The molecule has 0 fully saturated rings. The molecule has 2 aromatic heterocycles. The lowest BCUT2D eigenvalue weighted by atomic mass is 10.1. The second-order valence-electron chi connectivity index (χ2n) is 5.63. The molecular formula is C18H29IN6. The van der Waals surface area contributed by atoms with Crippen LogP contribution in [-0.2, 0) is 32.9 Å². The van der Waals surface area contributed by atoms with Crippen molar-refractivity contribution in [1.29, 1.82) is 0 Å². The first kappa shape index (κ1) is 21.4. The van der Waals surface area contributed by atoms with E-state index in [2.05, 4.69) is 39.6 Å². The van der Waals surface area contributed by atoms with E-state index >= 15 is 0 Å². The van der Waals surface area contributed by atoms with Crippen molar-refractivity contribution in [3.05, 3.63) is 47.0 Å². The summed E-state index contributed by atoms with van der Waals surface area (Å²) in [5, 5.41) is 11.4. The summed E-state index contributed by atoms with van der Waals surface area (Å²) < 4.78 is 1.99. The van der Waals surface area contributed by atoms with Gasteiger partial charge in [-0.15, -0.1) is 24.0 Å². The van der Waals surface area contributed by atoms with Crippen molar-refractivity contribution in [2.75, 3.05) is 13.6 Å². The van der Waals surface area contributed by atoms with Gasteiger partial charge in [0, 0.05) is 56.8 Å². The molecule has 0 aliphatic rings. The lowest BCUT2D eigenvalue weighted by Gasteiger charge is -2.12. The van der Waals surface area contributed by atoms with Gasteiger partial charge in [-0.05, 0) is 25.0 Å². The summed E-state index contributed by atoms with van der Waals surface area (Å²) >= 11 is 0. The van der Waals surface area contributed by atoms with Crippen molar-refractivity contribution in [2.45, 2.75) is 39.7 Å². The van der Waals surface area contributed by atoms with Crippen molar-refractivity contribution in [3.8, 4) is 0 Å². The van der Waals surface area contributed by atoms with Crippen molar-refractivity contribution in [2.24, 2.45) is 12.0 Å². The van der Waals surface area contributed by atoms with Crippen LogP contribution in [0.3, 0.4) is 0 Å². The number of guanidine groups is 1. The van der Waals surface area contributed by atoms with Gasteiger partial charge in [-0.1, -0.05) is 19.9 Å². The molecule has 0 radical (unpaired) electrons. The number of rotatable bonds is 7. The van der Waals surface area contributed by atoms with Gasteiger partial charge in [0.1, 0.15) is 0 Å². The molecule has 2 N–H and O–H groups in total. The highest BCUT2D eigenvalue weighted by Crippen LogP contribution is 2.15. The Balaban J connectivity index is 0.00000312. The van der Waals surface area contributed by atoms with Gasteiger partial charge in [0.2, 0.25) is 0 Å². The fourth-order valence-corrected chi connectivity index (χ4v) is 2.84. The number of nitrogens with zero attached hydrogens (tertiary/aromatic N) is 4. The van der Waals surface area contributed by atoms with Crippen LogP contribution >= 0.6 is 24.0 Å². The number of halogens is 1. The predicted molar refractivity (Wildman–Crippen MR) is 114 cm³/mol. The average molecular weight is 456 g/mol. The molecule has 0 saturated heterocycles. The number of hydrogen-bond acceptors (Lipinski definition) is 3. The normalized spacial score (nSPS) is 11.1. The zero-order valence-corrected chi connectivity index (χ0v) is 17.9. The quantitative estimate of drug-likeness (QED) is 0.382. The van der Waals surface area contributed by atoms with E-state index in [0.717, 1.165) is 49.7 Å². The molecule has 7 heteroatoms. The summed E-state index contributed by atoms with van der Waals surface area (Å²) in [7, 11) is 3.81. The molecule has 0 unspecified atom stereocenters. The zero-order chi connectivity index (χ0) is 17.4. The Morgan fingerprint density at radius 1 is 1.20 bits per heavy atom. The monoisotopic (exact) mass is 456 g/mol. The molecular weight excluding hydrogens is 427 g/mol. The number of aliphatic imine (C=N–C) groups is 1. The zero-order valence-electron chi connectivity index (χ0n) is 15.5. The lowest BCUT2D eigenvalue weighted by Crippen LogP contribution is -2.38. The number of hydrogen-bond donors (Lipinski definition) is 2. The van der Waals surface area contributed by atoms with Gasteiger partial charge in [-0.3, -0.25) is 14.7 Å². The minimum absolute atomic E-state index is 0. The third-order valence-electron chi connectivity index (χ3n) is 4.08. The molecule has 0 aliphatic carbocycles. The van der Waals surface area contributed by atoms with E-state index in [1.165, 1.54) is 11.3 Å². The molecule has 0 amide bonds. The lowest BCUT2D eigenvalue weighted by molar-refractivity contribution is 0.702. The van der Waals surface area contributed by atoms with Crippen molar-refractivity contribution >= 4 is 29.9 Å². The van der Waals surface area contributed by atoms with Crippen LogP contribution in [0.4, 0.5) is 0 Å². The molecule has 0 atom stereocenters. The Labute approximate surface area is 167 Å². The van der Waals surface area contributed by atoms with E-state index in [9.17, 15) is 0 Å². The van der Waals surface area contributed by atoms with E-state index in [1.807, 2.05) is 36.1 Å². The molecule has 0 saturated carbocycles. The highest BCUT2D eigenvalue weighted by atomic mass is 127. The smallest absolute Gasteiger partial charge is 0.191 e. The summed E-state index contributed by atoms with van der Waals surface area (Å²) in [6, 6.07) is 5.98. The number of pyridine rings is 1. The van der Waals surface area contributed by atoms with Crippen LogP contribution in [0, 0.1) is 0 Å². The molecule has 2 aromatic rings. The minimum atomic E-state index is 0. The summed E-state index contributed by atoms with van der Waals surface area (Å²) in [5.74, 6) is 0.805. The fourth-order valence-electron chi connectivity index (χ4n) is 2.84. The summed E-state index contributed by atoms with van der Waals surface area (Å²) in [6.45, 7) is 5.85. The highest BCUT2D eigenvalue weighted by Gasteiger charge is 2.13. The van der Waals surface area contributed by atoms with Gasteiger partial charge in [0.05, 0.1) is 5.69 Å². The molecule has 0 aliphatic heterocycles. The molecule has 138 valence electrons. The van der Waals surface area contributed by atoms with Crippen LogP contribution in [0.2, 0.25) is 0 Å². The average Bonchev–Trinajstić information content (AvgIpc) is 2.93. The summed E-state index contributed by atoms with van der Waals surface area (Å²) in [4.78, 5) is 8.63. The number of nitrogens with one attached hydrogen (secondary N) is 2. The summed E-state index contributed by atoms with van der Waals surface area (Å²) in [6.07, 6.45) is 4.61. The van der Waals surface area contributed by atoms with E-state index in [-0.39, 0.29) is 24.0 Å². The standard InChI is InChI=1S/C18H28N6.HI/c1-5-16-15(17(6-2)24(4)23-16)13-22-18(19-3)21-12-10-14-9-7-8-11-20-14;/h7-9,11H,5-6,10,12-13H2,1-4H3,(H2,19,21,22);1H. The van der Waals surface area contributed by atoms with Gasteiger partial charge in [-0.2, -0.15) is 5.10 Å². The Kier molecular flexibility index (Phi) is 9.48. The maximum absolute atomic E-state index is 4.61. The first-order valence-electron chi connectivity index (χ1n) is 8.57. The van der Waals surface area contributed by atoms with E-state index in [0.29, 0.717) is 0 Å². The van der Waals surface area contributed by atoms with Gasteiger partial charge in [-0.25, -0.2) is 0 Å². The molecule has 6 nitrogen and oxygen atoms in total. The van der Waals surface area contributed by atoms with Crippen LogP contribution in [-0.4, -0.2) is 34.3 Å². The van der Waals surface area contributed by atoms with Gasteiger partial charge in [0.15, 0.2) is 5.96 Å². The second kappa shape index (κ2) is 11.1. The van der Waals surface area contributed by atoms with Crippen LogP contribution in [0.5, 0.6) is 0 Å². The minimum Gasteiger partial charge on any atom is -0.356 e. The summed E-state index contributed by atoms with van der Waals surface area (Å²) in [5.41, 5.74) is 4.80. The highest BCUT2D eigenvalue weighted by molar-refractivity contribution is 14.0.